The second kappa shape index (κ2) is 6.68. The van der Waals surface area contributed by atoms with Crippen LogP contribution in [0.2, 0.25) is 0 Å². The Morgan fingerprint density at radius 3 is 2.79 bits per heavy atom. The molecule has 1 amide bonds. The molecule has 106 valence electrons. The molecule has 0 saturated carbocycles. The van der Waals surface area contributed by atoms with E-state index >= 15 is 0 Å². The molecule has 0 aliphatic carbocycles. The molecule has 1 aliphatic heterocycles. The predicted octanol–water partition coefficient (Wildman–Crippen LogP) is 1.94. The third-order valence-corrected chi connectivity index (χ3v) is 3.58. The van der Waals surface area contributed by atoms with Crippen molar-refractivity contribution < 1.29 is 4.79 Å². The van der Waals surface area contributed by atoms with Crippen molar-refractivity contribution in [2.45, 2.75) is 58.9 Å². The Bertz CT molecular complexity index is 427. The van der Waals surface area contributed by atoms with Crippen LogP contribution in [-0.2, 0) is 17.8 Å². The molecule has 1 saturated heterocycles. The highest BCUT2D eigenvalue weighted by atomic mass is 16.2. The first-order chi connectivity index (χ1) is 9.20. The normalized spacial score (nSPS) is 15.5. The van der Waals surface area contributed by atoms with Crippen LogP contribution in [0.5, 0.6) is 0 Å². The molecule has 0 spiro atoms. The molecule has 1 aromatic rings. The summed E-state index contributed by atoms with van der Waals surface area (Å²) in [6, 6.07) is 0. The predicted molar refractivity (Wildman–Crippen MR) is 73.8 cm³/mol. The number of hydrogen-bond acceptors (Lipinski definition) is 3. The van der Waals surface area contributed by atoms with E-state index in [4.69, 9.17) is 0 Å². The van der Waals surface area contributed by atoms with Gasteiger partial charge in [-0.05, 0) is 26.2 Å². The van der Waals surface area contributed by atoms with E-state index in [1.54, 1.807) is 0 Å². The molecule has 0 bridgehead atoms. The standard InChI is InChI=1S/C14H24N4O/c1-3-4-11-18-13(15-12(2)16-18)7-5-9-17-10-6-8-14(17)19/h3-11H2,1-2H3. The number of rotatable bonds is 7. The zero-order chi connectivity index (χ0) is 13.7. The van der Waals surface area contributed by atoms with Gasteiger partial charge in [0.1, 0.15) is 11.6 Å². The number of nitrogens with zero attached hydrogens (tertiary/aromatic N) is 4. The maximum absolute atomic E-state index is 11.5. The third kappa shape index (κ3) is 3.78. The molecule has 2 heterocycles. The highest BCUT2D eigenvalue weighted by Gasteiger charge is 2.19. The molecule has 1 aliphatic rings. The topological polar surface area (TPSA) is 51.0 Å². The minimum Gasteiger partial charge on any atom is -0.343 e. The maximum Gasteiger partial charge on any atom is 0.222 e. The zero-order valence-corrected chi connectivity index (χ0v) is 12.1. The van der Waals surface area contributed by atoms with Gasteiger partial charge in [0, 0.05) is 32.5 Å². The van der Waals surface area contributed by atoms with Gasteiger partial charge in [-0.2, -0.15) is 5.10 Å². The smallest absolute Gasteiger partial charge is 0.222 e. The van der Waals surface area contributed by atoms with E-state index in [-0.39, 0.29) is 0 Å². The Labute approximate surface area is 115 Å². The lowest BCUT2D eigenvalue weighted by Crippen LogP contribution is -2.26. The first kappa shape index (κ1) is 14.0. The fraction of sp³-hybridized carbons (Fsp3) is 0.786. The Hall–Kier alpha value is -1.39. The zero-order valence-electron chi connectivity index (χ0n) is 12.1. The van der Waals surface area contributed by atoms with Crippen LogP contribution < -0.4 is 0 Å². The van der Waals surface area contributed by atoms with E-state index in [2.05, 4.69) is 17.0 Å². The van der Waals surface area contributed by atoms with E-state index in [0.717, 1.165) is 63.4 Å². The second-order valence-corrected chi connectivity index (χ2v) is 5.24. The number of likely N-dealkylation sites (tertiary alicyclic amines) is 1. The lowest BCUT2D eigenvalue weighted by Gasteiger charge is -2.14. The number of amides is 1. The number of hydrogen-bond donors (Lipinski definition) is 0. The summed E-state index contributed by atoms with van der Waals surface area (Å²) in [6.07, 6.45) is 5.95. The molecule has 0 atom stereocenters. The largest absolute Gasteiger partial charge is 0.343 e. The van der Waals surface area contributed by atoms with Crippen molar-refractivity contribution in [1.29, 1.82) is 0 Å². The average molecular weight is 264 g/mol. The van der Waals surface area contributed by atoms with Gasteiger partial charge in [-0.1, -0.05) is 13.3 Å². The van der Waals surface area contributed by atoms with Gasteiger partial charge >= 0.3 is 0 Å². The molecule has 0 N–H and O–H groups in total. The van der Waals surface area contributed by atoms with Crippen LogP contribution in [0.4, 0.5) is 0 Å². The summed E-state index contributed by atoms with van der Waals surface area (Å²) in [7, 11) is 0. The molecule has 5 nitrogen and oxygen atoms in total. The van der Waals surface area contributed by atoms with Gasteiger partial charge in [0.05, 0.1) is 0 Å². The quantitative estimate of drug-likeness (QED) is 0.756. The molecule has 19 heavy (non-hydrogen) atoms. The summed E-state index contributed by atoms with van der Waals surface area (Å²) >= 11 is 0. The number of carbonyl (C=O) groups is 1. The first-order valence-corrected chi connectivity index (χ1v) is 7.39. The summed E-state index contributed by atoms with van der Waals surface area (Å²) in [5.41, 5.74) is 0. The number of aryl methyl sites for hydroxylation is 3. The van der Waals surface area contributed by atoms with Gasteiger partial charge < -0.3 is 4.90 Å². The minimum atomic E-state index is 0.309. The van der Waals surface area contributed by atoms with Crippen LogP contribution in [0.1, 0.15) is 50.7 Å². The number of unbranched alkanes of at least 4 members (excludes halogenated alkanes) is 1. The van der Waals surface area contributed by atoms with Gasteiger partial charge in [-0.25, -0.2) is 9.67 Å². The molecule has 2 rings (SSSR count). The van der Waals surface area contributed by atoms with Crippen molar-refractivity contribution in [3.8, 4) is 0 Å². The molecule has 5 heteroatoms. The van der Waals surface area contributed by atoms with Gasteiger partial charge in [-0.15, -0.1) is 0 Å². The fourth-order valence-corrected chi connectivity index (χ4v) is 2.54. The van der Waals surface area contributed by atoms with Crippen molar-refractivity contribution in [3.63, 3.8) is 0 Å². The van der Waals surface area contributed by atoms with Crippen molar-refractivity contribution >= 4 is 5.91 Å². The van der Waals surface area contributed by atoms with Crippen molar-refractivity contribution in [3.05, 3.63) is 11.6 Å². The highest BCUT2D eigenvalue weighted by Crippen LogP contribution is 2.11. The van der Waals surface area contributed by atoms with Crippen LogP contribution in [0.25, 0.3) is 0 Å². The maximum atomic E-state index is 11.5. The van der Waals surface area contributed by atoms with Crippen LogP contribution in [0.15, 0.2) is 0 Å². The first-order valence-electron chi connectivity index (χ1n) is 7.39. The van der Waals surface area contributed by atoms with Crippen LogP contribution in [0, 0.1) is 6.92 Å². The lowest BCUT2D eigenvalue weighted by atomic mass is 10.2. The van der Waals surface area contributed by atoms with E-state index < -0.39 is 0 Å². The summed E-state index contributed by atoms with van der Waals surface area (Å²) < 4.78 is 2.03. The van der Waals surface area contributed by atoms with E-state index in [1.807, 2.05) is 16.5 Å². The van der Waals surface area contributed by atoms with Crippen LogP contribution >= 0.6 is 0 Å². The van der Waals surface area contributed by atoms with E-state index in [1.165, 1.54) is 6.42 Å². The number of carbonyl (C=O) groups excluding carboxylic acids is 1. The molecule has 0 unspecified atom stereocenters. The van der Waals surface area contributed by atoms with E-state index in [0.29, 0.717) is 5.91 Å². The van der Waals surface area contributed by atoms with Crippen molar-refractivity contribution in [2.24, 2.45) is 0 Å². The minimum absolute atomic E-state index is 0.309. The summed E-state index contributed by atoms with van der Waals surface area (Å²) in [4.78, 5) is 18.0. The lowest BCUT2D eigenvalue weighted by molar-refractivity contribution is -0.127. The molecule has 0 aromatic carbocycles. The molecular weight excluding hydrogens is 240 g/mol. The van der Waals surface area contributed by atoms with Gasteiger partial charge in [0.15, 0.2) is 0 Å². The third-order valence-electron chi connectivity index (χ3n) is 3.58. The monoisotopic (exact) mass is 264 g/mol. The van der Waals surface area contributed by atoms with Gasteiger partial charge in [0.25, 0.3) is 0 Å². The van der Waals surface area contributed by atoms with Gasteiger partial charge in [-0.3, -0.25) is 4.79 Å². The molecule has 0 radical (unpaired) electrons. The highest BCUT2D eigenvalue weighted by molar-refractivity contribution is 5.77. The second-order valence-electron chi connectivity index (χ2n) is 5.24. The molecule has 1 aromatic heterocycles. The average Bonchev–Trinajstić information content (AvgIpc) is 2.94. The molecular formula is C14H24N4O. The Morgan fingerprint density at radius 2 is 2.11 bits per heavy atom. The van der Waals surface area contributed by atoms with Crippen molar-refractivity contribution in [2.75, 3.05) is 13.1 Å². The fourth-order valence-electron chi connectivity index (χ4n) is 2.54. The Balaban J connectivity index is 1.83. The van der Waals surface area contributed by atoms with Crippen LogP contribution in [-0.4, -0.2) is 38.7 Å². The van der Waals surface area contributed by atoms with E-state index in [9.17, 15) is 4.79 Å². The van der Waals surface area contributed by atoms with Crippen molar-refractivity contribution in [1.82, 2.24) is 19.7 Å². The molecule has 1 fully saturated rings. The Kier molecular flexibility index (Phi) is 4.93. The SMILES string of the molecule is CCCCn1nc(C)nc1CCCN1CCCC1=O. The summed E-state index contributed by atoms with van der Waals surface area (Å²) in [5, 5.41) is 4.44. The van der Waals surface area contributed by atoms with Gasteiger partial charge in [0.2, 0.25) is 5.91 Å². The Morgan fingerprint density at radius 1 is 1.26 bits per heavy atom. The summed E-state index contributed by atoms with van der Waals surface area (Å²) in [6.45, 7) is 6.87. The number of aromatic nitrogens is 3. The van der Waals surface area contributed by atoms with Crippen LogP contribution in [0.3, 0.4) is 0 Å². The summed E-state index contributed by atoms with van der Waals surface area (Å²) in [5.74, 6) is 2.23.